The fraction of sp³-hybridized carbons (Fsp3) is 0.778. The van der Waals surface area contributed by atoms with Crippen molar-refractivity contribution in [3.63, 3.8) is 0 Å². The average Bonchev–Trinajstić information content (AvgIpc) is 2.40. The highest BCUT2D eigenvalue weighted by molar-refractivity contribution is 4.91. The largest absolute Gasteiger partial charge is 0.414 e. The summed E-state index contributed by atoms with van der Waals surface area (Å²) in [6.07, 6.45) is 6.73. The Morgan fingerprint density at radius 1 is 0.773 bits per heavy atom. The minimum atomic E-state index is -0.779. The summed E-state index contributed by atoms with van der Waals surface area (Å²) in [6, 6.07) is 0. The molecule has 0 saturated carbocycles. The minimum absolute atomic E-state index is 0.412. The monoisotopic (exact) mass is 306 g/mol. The van der Waals surface area contributed by atoms with Crippen LogP contribution in [0.5, 0.6) is 0 Å². The summed E-state index contributed by atoms with van der Waals surface area (Å²) < 4.78 is 11.2. The smallest absolute Gasteiger partial charge is 0.226 e. The number of hydrogen-bond donors (Lipinski definition) is 0. The van der Waals surface area contributed by atoms with Crippen LogP contribution in [-0.2, 0) is 9.47 Å². The van der Waals surface area contributed by atoms with Gasteiger partial charge >= 0.3 is 0 Å². The molecule has 4 nitrogen and oxygen atoms in total. The molecule has 4 heteroatoms. The molecule has 22 heavy (non-hydrogen) atoms. The van der Waals surface area contributed by atoms with Crippen LogP contribution in [0.4, 0.5) is 0 Å². The lowest BCUT2D eigenvalue weighted by Gasteiger charge is -2.27. The molecule has 0 amide bonds. The SMILES string of the molecule is CC#COC(C)(CC(C)C)N=NC(C)(CC(C)C)OC#CC. The van der Waals surface area contributed by atoms with Crippen LogP contribution < -0.4 is 0 Å². The van der Waals surface area contributed by atoms with Crippen LogP contribution in [0.2, 0.25) is 0 Å². The summed E-state index contributed by atoms with van der Waals surface area (Å²) in [5.74, 6) is 6.29. The first-order valence-electron chi connectivity index (χ1n) is 7.80. The lowest BCUT2D eigenvalue weighted by atomic mass is 10.0. The Balaban J connectivity index is 5.32. The van der Waals surface area contributed by atoms with Gasteiger partial charge in [-0.3, -0.25) is 0 Å². The maximum atomic E-state index is 5.58. The predicted molar refractivity (Wildman–Crippen MR) is 89.6 cm³/mol. The standard InChI is InChI=1S/C18H30N2O2/c1-9-11-21-17(7,13-15(3)4)19-20-18(8,14-16(5)6)22-12-10-2/h15-16H,13-14H2,1-8H3. The first-order valence-corrected chi connectivity index (χ1v) is 7.80. The van der Waals surface area contributed by atoms with E-state index in [0.29, 0.717) is 11.8 Å². The van der Waals surface area contributed by atoms with Gasteiger partial charge in [-0.25, -0.2) is 0 Å². The Bertz CT molecular complexity index is 433. The first-order chi connectivity index (χ1) is 10.2. The van der Waals surface area contributed by atoms with Crippen LogP contribution in [0.3, 0.4) is 0 Å². The van der Waals surface area contributed by atoms with E-state index in [-0.39, 0.29) is 0 Å². The maximum Gasteiger partial charge on any atom is 0.226 e. The Hall–Kier alpha value is -1.68. The van der Waals surface area contributed by atoms with Gasteiger partial charge in [0, 0.05) is 26.7 Å². The molecule has 0 N–H and O–H groups in total. The quantitative estimate of drug-likeness (QED) is 0.470. The molecule has 0 aliphatic heterocycles. The Kier molecular flexibility index (Phi) is 8.65. The van der Waals surface area contributed by atoms with Crippen molar-refractivity contribution in [2.75, 3.05) is 0 Å². The van der Waals surface area contributed by atoms with Crippen LogP contribution in [0, 0.1) is 35.9 Å². The molecule has 0 spiro atoms. The third kappa shape index (κ3) is 8.57. The van der Waals surface area contributed by atoms with Gasteiger partial charge in [-0.2, -0.15) is 0 Å². The molecule has 0 aliphatic carbocycles. The third-order valence-corrected chi connectivity index (χ3v) is 2.79. The second kappa shape index (κ2) is 9.36. The molecular formula is C18H30N2O2. The van der Waals surface area contributed by atoms with Crippen molar-refractivity contribution in [1.82, 2.24) is 0 Å². The van der Waals surface area contributed by atoms with Crippen molar-refractivity contribution in [2.45, 2.75) is 79.7 Å². The van der Waals surface area contributed by atoms with E-state index in [0.717, 1.165) is 12.8 Å². The summed E-state index contributed by atoms with van der Waals surface area (Å²) in [7, 11) is 0. The molecule has 0 aromatic rings. The zero-order chi connectivity index (χ0) is 17.2. The van der Waals surface area contributed by atoms with Crippen LogP contribution in [-0.4, -0.2) is 11.4 Å². The van der Waals surface area contributed by atoms with Gasteiger partial charge in [0.2, 0.25) is 11.4 Å². The predicted octanol–water partition coefficient (Wildman–Crippen LogP) is 4.96. The van der Waals surface area contributed by atoms with E-state index in [1.54, 1.807) is 13.8 Å². The fourth-order valence-electron chi connectivity index (χ4n) is 2.25. The molecule has 0 bridgehead atoms. The lowest BCUT2D eigenvalue weighted by Crippen LogP contribution is -2.30. The second-order valence-corrected chi connectivity index (χ2v) is 6.65. The number of ether oxygens (including phenoxy) is 2. The van der Waals surface area contributed by atoms with Gasteiger partial charge in [-0.05, 0) is 25.7 Å². The van der Waals surface area contributed by atoms with Crippen molar-refractivity contribution < 1.29 is 9.47 Å². The second-order valence-electron chi connectivity index (χ2n) is 6.65. The van der Waals surface area contributed by atoms with E-state index in [1.807, 2.05) is 13.8 Å². The van der Waals surface area contributed by atoms with Crippen LogP contribution in [0.15, 0.2) is 10.2 Å². The molecular weight excluding hydrogens is 276 g/mol. The summed E-state index contributed by atoms with van der Waals surface area (Å²) in [4.78, 5) is 0. The summed E-state index contributed by atoms with van der Waals surface area (Å²) in [5, 5.41) is 8.84. The minimum Gasteiger partial charge on any atom is -0.414 e. The number of azo groups is 1. The molecule has 0 aromatic heterocycles. The van der Waals surface area contributed by atoms with Gasteiger partial charge in [-0.15, -0.1) is 10.2 Å². The van der Waals surface area contributed by atoms with Crippen LogP contribution in [0.25, 0.3) is 0 Å². The van der Waals surface area contributed by atoms with Crippen molar-refractivity contribution in [3.8, 4) is 24.1 Å². The molecule has 124 valence electrons. The number of nitrogens with zero attached hydrogens (tertiary/aromatic N) is 2. The van der Waals surface area contributed by atoms with Crippen LogP contribution >= 0.6 is 0 Å². The van der Waals surface area contributed by atoms with Crippen LogP contribution in [0.1, 0.15) is 68.2 Å². The normalized spacial score (nSPS) is 16.3. The molecule has 0 aliphatic rings. The first kappa shape index (κ1) is 20.3. The molecule has 0 heterocycles. The van der Waals surface area contributed by atoms with E-state index in [1.165, 1.54) is 0 Å². The third-order valence-electron chi connectivity index (χ3n) is 2.79. The Labute approximate surface area is 136 Å². The highest BCUT2D eigenvalue weighted by Crippen LogP contribution is 2.28. The van der Waals surface area contributed by atoms with E-state index in [4.69, 9.17) is 9.47 Å². The van der Waals surface area contributed by atoms with Crippen molar-refractivity contribution in [2.24, 2.45) is 22.1 Å². The number of rotatable bonds is 8. The van der Waals surface area contributed by atoms with Gasteiger partial charge in [0.05, 0.1) is 0 Å². The summed E-state index contributed by atoms with van der Waals surface area (Å²) >= 11 is 0. The molecule has 2 atom stereocenters. The highest BCUT2D eigenvalue weighted by atomic mass is 16.5. The molecule has 0 aromatic carbocycles. The Morgan fingerprint density at radius 2 is 1.09 bits per heavy atom. The molecule has 0 radical (unpaired) electrons. The van der Waals surface area contributed by atoms with Crippen molar-refractivity contribution >= 4 is 0 Å². The van der Waals surface area contributed by atoms with E-state index in [2.05, 4.69) is 62.0 Å². The zero-order valence-electron chi connectivity index (χ0n) is 15.3. The molecule has 2 unspecified atom stereocenters. The molecule has 0 fully saturated rings. The van der Waals surface area contributed by atoms with Gasteiger partial charge < -0.3 is 9.47 Å². The van der Waals surface area contributed by atoms with Gasteiger partial charge in [-0.1, -0.05) is 39.5 Å². The fourth-order valence-corrected chi connectivity index (χ4v) is 2.25. The van der Waals surface area contributed by atoms with E-state index >= 15 is 0 Å². The summed E-state index contributed by atoms with van der Waals surface area (Å²) in [5.41, 5.74) is -1.56. The lowest BCUT2D eigenvalue weighted by molar-refractivity contribution is 0.00217. The zero-order valence-corrected chi connectivity index (χ0v) is 15.3. The Morgan fingerprint density at radius 3 is 1.32 bits per heavy atom. The summed E-state index contributed by atoms with van der Waals surface area (Å²) in [6.45, 7) is 15.7. The van der Waals surface area contributed by atoms with Gasteiger partial charge in [0.1, 0.15) is 12.2 Å². The van der Waals surface area contributed by atoms with Gasteiger partial charge in [0.25, 0.3) is 0 Å². The maximum absolute atomic E-state index is 5.58. The average molecular weight is 306 g/mol. The van der Waals surface area contributed by atoms with E-state index in [9.17, 15) is 0 Å². The molecule has 0 saturated heterocycles. The highest BCUT2D eigenvalue weighted by Gasteiger charge is 2.31. The van der Waals surface area contributed by atoms with Crippen molar-refractivity contribution in [1.29, 1.82) is 0 Å². The number of hydrogen-bond acceptors (Lipinski definition) is 4. The topological polar surface area (TPSA) is 43.2 Å². The van der Waals surface area contributed by atoms with E-state index < -0.39 is 11.4 Å². The molecule has 0 rings (SSSR count). The van der Waals surface area contributed by atoms with Crippen molar-refractivity contribution in [3.05, 3.63) is 0 Å². The van der Waals surface area contributed by atoms with Gasteiger partial charge in [0.15, 0.2) is 0 Å².